The second kappa shape index (κ2) is 7.98. The van der Waals surface area contributed by atoms with Gasteiger partial charge in [-0.15, -0.1) is 0 Å². The molecule has 0 aliphatic carbocycles. The second-order valence-corrected chi connectivity index (χ2v) is 9.69. The molecule has 8 heteroatoms. The molecule has 2 aromatic rings. The van der Waals surface area contributed by atoms with E-state index < -0.39 is 9.84 Å². The van der Waals surface area contributed by atoms with Gasteiger partial charge in [-0.25, -0.2) is 8.42 Å². The number of nitrogens with one attached hydrogen (secondary N) is 1. The molecule has 1 atom stereocenters. The van der Waals surface area contributed by atoms with Gasteiger partial charge in [0.2, 0.25) is 5.91 Å². The van der Waals surface area contributed by atoms with Gasteiger partial charge in [0.1, 0.15) is 0 Å². The number of rotatable bonds is 5. The fourth-order valence-electron chi connectivity index (χ4n) is 3.01. The lowest BCUT2D eigenvalue weighted by atomic mass is 10.1. The summed E-state index contributed by atoms with van der Waals surface area (Å²) in [6.45, 7) is 0.0206. The van der Waals surface area contributed by atoms with E-state index >= 15 is 0 Å². The van der Waals surface area contributed by atoms with Crippen LogP contribution in [0, 0.1) is 0 Å². The van der Waals surface area contributed by atoms with Gasteiger partial charge in [-0.1, -0.05) is 45.7 Å². The zero-order valence-corrected chi connectivity index (χ0v) is 17.0. The molecule has 0 aromatic heterocycles. The summed E-state index contributed by atoms with van der Waals surface area (Å²) in [4.78, 5) is 14.5. The van der Waals surface area contributed by atoms with Gasteiger partial charge in [-0.3, -0.25) is 4.79 Å². The van der Waals surface area contributed by atoms with Crippen molar-refractivity contribution in [3.05, 3.63) is 58.0 Å². The third-order valence-electron chi connectivity index (χ3n) is 4.24. The number of hydrogen-bond donors (Lipinski definition) is 1. The fourth-order valence-corrected chi connectivity index (χ4v) is 5.45. The minimum atomic E-state index is -3.10. The number of para-hydroxylation sites is 1. The maximum absolute atomic E-state index is 12.9. The largest absolute Gasteiger partial charge is 0.375 e. The van der Waals surface area contributed by atoms with Crippen molar-refractivity contribution in [2.75, 3.05) is 28.3 Å². The van der Waals surface area contributed by atoms with Crippen molar-refractivity contribution in [1.29, 1.82) is 0 Å². The number of nitrogens with zero attached hydrogens (tertiary/aromatic N) is 1. The number of sulfone groups is 1. The minimum absolute atomic E-state index is 0.00727. The van der Waals surface area contributed by atoms with Crippen molar-refractivity contribution >= 4 is 54.7 Å². The molecule has 0 saturated carbocycles. The first-order valence-electron chi connectivity index (χ1n) is 8.12. The van der Waals surface area contributed by atoms with E-state index in [2.05, 4.69) is 21.2 Å². The topological polar surface area (TPSA) is 66.5 Å². The van der Waals surface area contributed by atoms with Crippen LogP contribution in [0.5, 0.6) is 0 Å². The Morgan fingerprint density at radius 2 is 1.96 bits per heavy atom. The number of anilines is 2. The van der Waals surface area contributed by atoms with Crippen molar-refractivity contribution in [3.8, 4) is 0 Å². The third-order valence-corrected chi connectivity index (χ3v) is 6.79. The molecule has 1 amide bonds. The van der Waals surface area contributed by atoms with Crippen LogP contribution >= 0.6 is 27.5 Å². The van der Waals surface area contributed by atoms with Crippen LogP contribution in [0.1, 0.15) is 6.42 Å². The molecule has 1 heterocycles. The first-order chi connectivity index (χ1) is 12.4. The van der Waals surface area contributed by atoms with Gasteiger partial charge in [0.15, 0.2) is 9.84 Å². The summed E-state index contributed by atoms with van der Waals surface area (Å²) in [5, 5.41) is 3.54. The Kier molecular flexibility index (Phi) is 5.89. The number of carbonyl (C=O) groups excluding carboxylic acids is 1. The van der Waals surface area contributed by atoms with E-state index in [9.17, 15) is 13.2 Å². The quantitative estimate of drug-likeness (QED) is 0.743. The van der Waals surface area contributed by atoms with Crippen LogP contribution in [0.25, 0.3) is 0 Å². The summed E-state index contributed by atoms with van der Waals surface area (Å²) in [7, 11) is -3.10. The van der Waals surface area contributed by atoms with Gasteiger partial charge >= 0.3 is 0 Å². The predicted molar refractivity (Wildman–Crippen MR) is 109 cm³/mol. The monoisotopic (exact) mass is 456 g/mol. The molecule has 5 nitrogen and oxygen atoms in total. The maximum atomic E-state index is 12.9. The van der Waals surface area contributed by atoms with E-state index in [1.165, 1.54) is 0 Å². The van der Waals surface area contributed by atoms with Gasteiger partial charge in [0.05, 0.1) is 34.8 Å². The molecule has 0 unspecified atom stereocenters. The summed E-state index contributed by atoms with van der Waals surface area (Å²) in [5.41, 5.74) is 1.35. The van der Waals surface area contributed by atoms with Crippen LogP contribution in [0.15, 0.2) is 53.0 Å². The van der Waals surface area contributed by atoms with Gasteiger partial charge in [-0.05, 0) is 36.8 Å². The highest BCUT2D eigenvalue weighted by molar-refractivity contribution is 9.10. The Morgan fingerprint density at radius 1 is 1.23 bits per heavy atom. The van der Waals surface area contributed by atoms with Crippen LogP contribution in [0.4, 0.5) is 11.4 Å². The van der Waals surface area contributed by atoms with Crippen molar-refractivity contribution in [2.45, 2.75) is 12.5 Å². The summed E-state index contributed by atoms with van der Waals surface area (Å²) in [6.07, 6.45) is 0.446. The number of halogens is 2. The first-order valence-corrected chi connectivity index (χ1v) is 11.1. The smallest absolute Gasteiger partial charge is 0.246 e. The molecule has 0 radical (unpaired) electrons. The Morgan fingerprint density at radius 3 is 2.58 bits per heavy atom. The van der Waals surface area contributed by atoms with Gasteiger partial charge in [-0.2, -0.15) is 0 Å². The van der Waals surface area contributed by atoms with Crippen LogP contribution in [0.2, 0.25) is 5.02 Å². The molecular formula is C18H18BrClN2O3S. The zero-order valence-electron chi connectivity index (χ0n) is 13.9. The van der Waals surface area contributed by atoms with E-state index in [1.807, 2.05) is 36.4 Å². The molecule has 2 aromatic carbocycles. The van der Waals surface area contributed by atoms with Crippen LogP contribution in [-0.2, 0) is 14.6 Å². The summed E-state index contributed by atoms with van der Waals surface area (Å²) in [6, 6.07) is 14.2. The number of amides is 1. The van der Waals surface area contributed by atoms with Crippen LogP contribution in [0.3, 0.4) is 0 Å². The lowest BCUT2D eigenvalue weighted by Crippen LogP contribution is -2.44. The summed E-state index contributed by atoms with van der Waals surface area (Å²) < 4.78 is 24.6. The second-order valence-electron chi connectivity index (χ2n) is 6.13. The third kappa shape index (κ3) is 4.58. The predicted octanol–water partition coefficient (Wildman–Crippen LogP) is 3.73. The molecular weight excluding hydrogens is 440 g/mol. The Bertz CT molecular complexity index is 906. The molecule has 0 bridgehead atoms. The molecule has 1 aliphatic rings. The molecule has 0 spiro atoms. The van der Waals surface area contributed by atoms with Crippen molar-refractivity contribution in [2.24, 2.45) is 0 Å². The van der Waals surface area contributed by atoms with E-state index in [0.29, 0.717) is 22.8 Å². The SMILES string of the molecule is O=C(CNc1ccc(Br)cc1Cl)N(c1ccccc1)[C@@H]1CCS(=O)(=O)C1. The van der Waals surface area contributed by atoms with E-state index in [-0.39, 0.29) is 30.0 Å². The summed E-state index contributed by atoms with van der Waals surface area (Å²) >= 11 is 9.52. The van der Waals surface area contributed by atoms with E-state index in [0.717, 1.165) is 4.47 Å². The van der Waals surface area contributed by atoms with Crippen molar-refractivity contribution < 1.29 is 13.2 Å². The molecule has 26 heavy (non-hydrogen) atoms. The van der Waals surface area contributed by atoms with Gasteiger partial charge < -0.3 is 10.2 Å². The molecule has 1 aliphatic heterocycles. The molecule has 138 valence electrons. The van der Waals surface area contributed by atoms with Gasteiger partial charge in [0, 0.05) is 10.2 Å². The summed E-state index contributed by atoms with van der Waals surface area (Å²) in [5.74, 6) is -0.0929. The minimum Gasteiger partial charge on any atom is -0.375 e. The number of carbonyl (C=O) groups is 1. The maximum Gasteiger partial charge on any atom is 0.246 e. The average Bonchev–Trinajstić information content (AvgIpc) is 2.95. The zero-order chi connectivity index (χ0) is 18.7. The number of hydrogen-bond acceptors (Lipinski definition) is 4. The van der Waals surface area contributed by atoms with E-state index in [4.69, 9.17) is 11.6 Å². The average molecular weight is 458 g/mol. The number of benzene rings is 2. The van der Waals surface area contributed by atoms with Crippen LogP contribution < -0.4 is 10.2 Å². The Hall–Kier alpha value is -1.57. The fraction of sp³-hybridized carbons (Fsp3) is 0.278. The van der Waals surface area contributed by atoms with Gasteiger partial charge in [0.25, 0.3) is 0 Å². The van der Waals surface area contributed by atoms with Crippen LogP contribution in [-0.4, -0.2) is 38.4 Å². The Balaban J connectivity index is 1.79. The Labute approximate surface area is 166 Å². The standard InChI is InChI=1S/C18H18BrClN2O3S/c19-13-6-7-17(16(20)10-13)21-11-18(23)22(14-4-2-1-3-5-14)15-8-9-26(24,25)12-15/h1-7,10,15,21H,8-9,11-12H2/t15-/m1/s1. The molecule has 1 saturated heterocycles. The lowest BCUT2D eigenvalue weighted by molar-refractivity contribution is -0.117. The highest BCUT2D eigenvalue weighted by Gasteiger charge is 2.35. The highest BCUT2D eigenvalue weighted by atomic mass is 79.9. The van der Waals surface area contributed by atoms with E-state index in [1.54, 1.807) is 17.0 Å². The molecule has 1 fully saturated rings. The van der Waals surface area contributed by atoms with Crippen molar-refractivity contribution in [3.63, 3.8) is 0 Å². The normalized spacial score (nSPS) is 18.5. The molecule has 1 N–H and O–H groups in total. The van der Waals surface area contributed by atoms with Crippen molar-refractivity contribution in [1.82, 2.24) is 0 Å². The highest BCUT2D eigenvalue weighted by Crippen LogP contribution is 2.27. The lowest BCUT2D eigenvalue weighted by Gasteiger charge is -2.28. The molecule has 3 rings (SSSR count). The first kappa shape index (κ1) is 19.2.